The first-order valence-electron chi connectivity index (χ1n) is 6.64. The van der Waals surface area contributed by atoms with Crippen molar-refractivity contribution < 1.29 is 9.84 Å². The molecule has 2 N–H and O–H groups in total. The van der Waals surface area contributed by atoms with Gasteiger partial charge in [-0.1, -0.05) is 0 Å². The third-order valence-electron chi connectivity index (χ3n) is 3.41. The van der Waals surface area contributed by atoms with E-state index in [0.29, 0.717) is 0 Å². The molecule has 1 unspecified atom stereocenters. The van der Waals surface area contributed by atoms with E-state index in [2.05, 4.69) is 17.2 Å². The first kappa shape index (κ1) is 14.3. The number of nitrogens with one attached hydrogen (secondary N) is 1. The van der Waals surface area contributed by atoms with Crippen molar-refractivity contribution in [2.75, 3.05) is 7.11 Å². The summed E-state index contributed by atoms with van der Waals surface area (Å²) >= 11 is 0. The second kappa shape index (κ2) is 6.39. The highest BCUT2D eigenvalue weighted by Gasteiger charge is 2.15. The van der Waals surface area contributed by atoms with Gasteiger partial charge in [0.15, 0.2) is 0 Å². The number of ether oxygens (including phenoxy) is 1. The number of rotatable bonds is 5. The number of methoxy groups -OCH3 is 1. The fourth-order valence-corrected chi connectivity index (χ4v) is 2.22. The Balaban J connectivity index is 2.14. The number of aromatic nitrogens is 1. The van der Waals surface area contributed by atoms with Crippen LogP contribution in [0.5, 0.6) is 11.5 Å². The van der Waals surface area contributed by atoms with Gasteiger partial charge in [0.2, 0.25) is 0 Å². The minimum atomic E-state index is 0.00765. The topological polar surface area (TPSA) is 54.4 Å². The normalized spacial score (nSPS) is 13.8. The summed E-state index contributed by atoms with van der Waals surface area (Å²) in [7, 11) is 1.62. The highest BCUT2D eigenvalue weighted by atomic mass is 16.5. The predicted molar refractivity (Wildman–Crippen MR) is 78.9 cm³/mol. The molecule has 1 aromatic carbocycles. The van der Waals surface area contributed by atoms with Crippen LogP contribution in [0.3, 0.4) is 0 Å². The van der Waals surface area contributed by atoms with Crippen LogP contribution in [0, 0.1) is 0 Å². The Labute approximate surface area is 119 Å². The molecule has 0 saturated carbocycles. The zero-order chi connectivity index (χ0) is 14.5. The summed E-state index contributed by atoms with van der Waals surface area (Å²) < 4.78 is 5.20. The molecule has 1 heterocycles. The van der Waals surface area contributed by atoms with Crippen molar-refractivity contribution in [3.05, 3.63) is 53.9 Å². The molecular weight excluding hydrogens is 252 g/mol. The van der Waals surface area contributed by atoms with Crippen LogP contribution in [-0.2, 0) is 0 Å². The molecule has 0 aliphatic heterocycles. The Morgan fingerprint density at radius 2 is 1.80 bits per heavy atom. The van der Waals surface area contributed by atoms with E-state index >= 15 is 0 Å². The number of phenolic OH excluding ortho intramolecular Hbond substituents is 1. The Hall–Kier alpha value is -2.07. The minimum absolute atomic E-state index is 0.00765. The van der Waals surface area contributed by atoms with Gasteiger partial charge in [0, 0.05) is 30.0 Å². The number of hydrogen-bond acceptors (Lipinski definition) is 4. The molecule has 4 heteroatoms. The van der Waals surface area contributed by atoms with Crippen molar-refractivity contribution in [3.63, 3.8) is 0 Å². The fourth-order valence-electron chi connectivity index (χ4n) is 2.22. The fraction of sp³-hybridized carbons (Fsp3) is 0.312. The third kappa shape index (κ3) is 3.27. The summed E-state index contributed by atoms with van der Waals surface area (Å²) in [5.74, 6) is 1.01. The maximum atomic E-state index is 9.98. The SMILES string of the molecule is COc1ccc(O)c(C(C)N[C@@H](C)c2ccncc2)c1. The summed E-state index contributed by atoms with van der Waals surface area (Å²) in [6, 6.07) is 9.39. The molecule has 0 bridgehead atoms. The lowest BCUT2D eigenvalue weighted by Gasteiger charge is -2.21. The van der Waals surface area contributed by atoms with Gasteiger partial charge in [-0.15, -0.1) is 0 Å². The van der Waals surface area contributed by atoms with Crippen molar-refractivity contribution in [2.24, 2.45) is 0 Å². The third-order valence-corrected chi connectivity index (χ3v) is 3.41. The molecule has 0 spiro atoms. The van der Waals surface area contributed by atoms with E-state index in [0.717, 1.165) is 16.9 Å². The van der Waals surface area contributed by atoms with Crippen LogP contribution in [0.25, 0.3) is 0 Å². The van der Waals surface area contributed by atoms with Gasteiger partial charge < -0.3 is 15.2 Å². The van der Waals surface area contributed by atoms with Crippen LogP contribution in [0.2, 0.25) is 0 Å². The molecular formula is C16H20N2O2. The zero-order valence-corrected chi connectivity index (χ0v) is 12.0. The number of hydrogen-bond donors (Lipinski definition) is 2. The predicted octanol–water partition coefficient (Wildman–Crippen LogP) is 3.21. The number of aromatic hydroxyl groups is 1. The zero-order valence-electron chi connectivity index (χ0n) is 12.0. The second-order valence-electron chi connectivity index (χ2n) is 4.82. The van der Waals surface area contributed by atoms with Crippen molar-refractivity contribution in [1.82, 2.24) is 10.3 Å². The van der Waals surface area contributed by atoms with Crippen LogP contribution in [0.4, 0.5) is 0 Å². The van der Waals surface area contributed by atoms with Crippen molar-refractivity contribution in [3.8, 4) is 11.5 Å². The first-order valence-corrected chi connectivity index (χ1v) is 6.64. The maximum Gasteiger partial charge on any atom is 0.120 e. The molecule has 4 nitrogen and oxygen atoms in total. The van der Waals surface area contributed by atoms with Gasteiger partial charge in [-0.25, -0.2) is 0 Å². The average Bonchev–Trinajstić information content (AvgIpc) is 2.48. The summed E-state index contributed by atoms with van der Waals surface area (Å²) in [6.45, 7) is 4.11. The van der Waals surface area contributed by atoms with Crippen LogP contribution in [0.15, 0.2) is 42.7 Å². The van der Waals surface area contributed by atoms with Crippen LogP contribution < -0.4 is 10.1 Å². The van der Waals surface area contributed by atoms with Gasteiger partial charge in [-0.05, 0) is 49.7 Å². The Morgan fingerprint density at radius 3 is 2.45 bits per heavy atom. The van der Waals surface area contributed by atoms with E-state index in [1.165, 1.54) is 0 Å². The molecule has 2 rings (SSSR count). The highest BCUT2D eigenvalue weighted by molar-refractivity contribution is 5.41. The Bertz CT molecular complexity index is 558. The molecule has 2 aromatic rings. The van der Waals surface area contributed by atoms with E-state index < -0.39 is 0 Å². The van der Waals surface area contributed by atoms with Crippen LogP contribution in [-0.4, -0.2) is 17.2 Å². The summed E-state index contributed by atoms with van der Waals surface area (Å²) in [5, 5.41) is 13.4. The molecule has 0 fully saturated rings. The van der Waals surface area contributed by atoms with E-state index in [1.807, 2.05) is 25.1 Å². The lowest BCUT2D eigenvalue weighted by Crippen LogP contribution is -2.22. The van der Waals surface area contributed by atoms with Crippen molar-refractivity contribution in [1.29, 1.82) is 0 Å². The van der Waals surface area contributed by atoms with E-state index in [4.69, 9.17) is 4.74 Å². The summed E-state index contributed by atoms with van der Waals surface area (Å²) in [5.41, 5.74) is 1.99. The number of phenols is 1. The first-order chi connectivity index (χ1) is 9.61. The number of pyridine rings is 1. The second-order valence-corrected chi connectivity index (χ2v) is 4.82. The quantitative estimate of drug-likeness (QED) is 0.877. The van der Waals surface area contributed by atoms with E-state index in [-0.39, 0.29) is 17.8 Å². The van der Waals surface area contributed by atoms with E-state index in [1.54, 1.807) is 31.6 Å². The van der Waals surface area contributed by atoms with Crippen molar-refractivity contribution >= 4 is 0 Å². The monoisotopic (exact) mass is 272 g/mol. The van der Waals surface area contributed by atoms with Crippen LogP contribution in [0.1, 0.15) is 37.1 Å². The van der Waals surface area contributed by atoms with E-state index in [9.17, 15) is 5.11 Å². The molecule has 0 saturated heterocycles. The van der Waals surface area contributed by atoms with Gasteiger partial charge in [-0.2, -0.15) is 0 Å². The summed E-state index contributed by atoms with van der Waals surface area (Å²) in [4.78, 5) is 4.02. The average molecular weight is 272 g/mol. The smallest absolute Gasteiger partial charge is 0.120 e. The molecule has 1 aromatic heterocycles. The molecule has 0 amide bonds. The molecule has 0 radical (unpaired) electrons. The molecule has 106 valence electrons. The standard InChI is InChI=1S/C16H20N2O2/c1-11(13-6-8-17-9-7-13)18-12(2)15-10-14(20-3)4-5-16(15)19/h4-12,18-19H,1-3H3/t11-,12?/m0/s1. The number of nitrogens with zero attached hydrogens (tertiary/aromatic N) is 1. The van der Waals surface area contributed by atoms with Crippen LogP contribution >= 0.6 is 0 Å². The largest absolute Gasteiger partial charge is 0.508 e. The Morgan fingerprint density at radius 1 is 1.10 bits per heavy atom. The van der Waals surface area contributed by atoms with Gasteiger partial charge in [-0.3, -0.25) is 4.98 Å². The number of benzene rings is 1. The van der Waals surface area contributed by atoms with Gasteiger partial charge in [0.05, 0.1) is 7.11 Å². The summed E-state index contributed by atoms with van der Waals surface area (Å²) in [6.07, 6.45) is 3.56. The van der Waals surface area contributed by atoms with Gasteiger partial charge in [0.1, 0.15) is 11.5 Å². The minimum Gasteiger partial charge on any atom is -0.508 e. The molecule has 0 aliphatic rings. The molecule has 0 aliphatic carbocycles. The lowest BCUT2D eigenvalue weighted by molar-refractivity contribution is 0.405. The maximum absolute atomic E-state index is 9.98. The van der Waals surface area contributed by atoms with Gasteiger partial charge in [0.25, 0.3) is 0 Å². The molecule has 20 heavy (non-hydrogen) atoms. The highest BCUT2D eigenvalue weighted by Crippen LogP contribution is 2.29. The molecule has 2 atom stereocenters. The Kier molecular flexibility index (Phi) is 4.58. The van der Waals surface area contributed by atoms with Gasteiger partial charge >= 0.3 is 0 Å². The lowest BCUT2D eigenvalue weighted by atomic mass is 10.0. The van der Waals surface area contributed by atoms with Crippen molar-refractivity contribution in [2.45, 2.75) is 25.9 Å².